The second-order valence-electron chi connectivity index (χ2n) is 3.97. The van der Waals surface area contributed by atoms with Crippen LogP contribution in [0.15, 0.2) is 0 Å². The molecule has 0 spiro atoms. The Balaban J connectivity index is 1.65. The molecule has 1 saturated carbocycles. The molecule has 4 heteroatoms. The first-order chi connectivity index (χ1) is 6.86. The highest BCUT2D eigenvalue weighted by Crippen LogP contribution is 2.29. The molecule has 1 aliphatic heterocycles. The summed E-state index contributed by atoms with van der Waals surface area (Å²) in [4.78, 5) is 10.7. The fraction of sp³-hybridized carbons (Fsp3) is 1.00. The Hall–Kier alpha value is 0.610. The molecule has 0 aromatic carbocycles. The van der Waals surface area contributed by atoms with Crippen LogP contribution in [0.3, 0.4) is 0 Å². The molecule has 1 heterocycles. The smallest absolute Gasteiger partial charge is 0.191 e. The monoisotopic (exact) mass is 312 g/mol. The zero-order valence-electron chi connectivity index (χ0n) is 8.28. The van der Waals surface area contributed by atoms with E-state index in [0.29, 0.717) is 3.92 Å². The van der Waals surface area contributed by atoms with E-state index >= 15 is 0 Å². The van der Waals surface area contributed by atoms with E-state index in [2.05, 4.69) is 22.6 Å². The minimum atomic E-state index is -0.118. The van der Waals surface area contributed by atoms with Crippen molar-refractivity contribution in [2.24, 2.45) is 0 Å². The van der Waals surface area contributed by atoms with Gasteiger partial charge < -0.3 is 4.74 Å². The summed E-state index contributed by atoms with van der Waals surface area (Å²) in [6.45, 7) is 0.812. The molecular weight excluding hydrogens is 295 g/mol. The molecule has 0 bridgehead atoms. The molecule has 0 aromatic rings. The van der Waals surface area contributed by atoms with Gasteiger partial charge in [0.05, 0.1) is 0 Å². The second-order valence-corrected chi connectivity index (χ2v) is 5.57. The Morgan fingerprint density at radius 2 is 1.93 bits per heavy atom. The van der Waals surface area contributed by atoms with E-state index in [4.69, 9.17) is 14.5 Å². The summed E-state index contributed by atoms with van der Waals surface area (Å²) in [5.74, 6) is 0. The van der Waals surface area contributed by atoms with E-state index in [1.807, 2.05) is 0 Å². The summed E-state index contributed by atoms with van der Waals surface area (Å²) >= 11 is 2.44. The van der Waals surface area contributed by atoms with Gasteiger partial charge in [-0.25, -0.2) is 9.78 Å². The van der Waals surface area contributed by atoms with Crippen molar-refractivity contribution in [3.8, 4) is 0 Å². The van der Waals surface area contributed by atoms with Gasteiger partial charge >= 0.3 is 0 Å². The van der Waals surface area contributed by atoms with Gasteiger partial charge in [0.25, 0.3) is 0 Å². The van der Waals surface area contributed by atoms with Gasteiger partial charge in [-0.2, -0.15) is 0 Å². The van der Waals surface area contributed by atoms with Crippen molar-refractivity contribution in [3.63, 3.8) is 0 Å². The number of hydrogen-bond donors (Lipinski definition) is 0. The maximum absolute atomic E-state index is 5.42. The van der Waals surface area contributed by atoms with E-state index in [1.54, 1.807) is 0 Å². The molecule has 1 unspecified atom stereocenters. The van der Waals surface area contributed by atoms with Crippen molar-refractivity contribution in [1.82, 2.24) is 0 Å². The molecule has 2 rings (SSSR count). The summed E-state index contributed by atoms with van der Waals surface area (Å²) < 4.78 is 6.03. The highest BCUT2D eigenvalue weighted by atomic mass is 127. The average molecular weight is 312 g/mol. The van der Waals surface area contributed by atoms with Gasteiger partial charge in [-0.3, -0.25) is 0 Å². The maximum atomic E-state index is 5.42. The molecule has 0 radical (unpaired) electrons. The van der Waals surface area contributed by atoms with Crippen LogP contribution in [0.4, 0.5) is 0 Å². The number of alkyl halides is 1. The lowest BCUT2D eigenvalue weighted by Crippen LogP contribution is -2.27. The lowest BCUT2D eigenvalue weighted by atomic mass is 10.2. The third-order valence-electron chi connectivity index (χ3n) is 2.80. The van der Waals surface area contributed by atoms with Gasteiger partial charge in [0, 0.05) is 17.0 Å². The van der Waals surface area contributed by atoms with Gasteiger partial charge in [0.15, 0.2) is 6.29 Å². The molecule has 14 heavy (non-hydrogen) atoms. The molecule has 3 atom stereocenters. The van der Waals surface area contributed by atoms with Crippen LogP contribution in [0, 0.1) is 0 Å². The van der Waals surface area contributed by atoms with E-state index in [-0.39, 0.29) is 12.4 Å². The van der Waals surface area contributed by atoms with Crippen molar-refractivity contribution < 1.29 is 14.5 Å². The molecule has 0 aromatic heterocycles. The Morgan fingerprint density at radius 1 is 1.00 bits per heavy atom. The predicted molar refractivity (Wildman–Crippen MR) is 61.2 cm³/mol. The summed E-state index contributed by atoms with van der Waals surface area (Å²) in [5, 5.41) is 0. The number of rotatable bonds is 3. The van der Waals surface area contributed by atoms with Gasteiger partial charge in [-0.1, -0.05) is 22.6 Å². The quantitative estimate of drug-likeness (QED) is 0.347. The maximum Gasteiger partial charge on any atom is 0.191 e. The molecule has 1 aliphatic carbocycles. The summed E-state index contributed by atoms with van der Waals surface area (Å²) in [6, 6.07) is 0. The van der Waals surface area contributed by atoms with Crippen molar-refractivity contribution in [1.29, 1.82) is 0 Å². The van der Waals surface area contributed by atoms with Crippen LogP contribution in [0.1, 0.15) is 38.5 Å². The van der Waals surface area contributed by atoms with Crippen LogP contribution in [-0.2, 0) is 14.5 Å². The van der Waals surface area contributed by atoms with Gasteiger partial charge in [0.2, 0.25) is 0 Å². The standard InChI is InChI=1S/C10H17IO3/c11-8-4-3-5-9(8)13-14-10-6-1-2-7-12-10/h8-10H,1-7H2/t8-,9-,10?/m1/s1. The average Bonchev–Trinajstić information content (AvgIpc) is 2.63. The van der Waals surface area contributed by atoms with Crippen molar-refractivity contribution in [2.45, 2.75) is 54.8 Å². The molecule has 82 valence electrons. The third-order valence-corrected chi connectivity index (χ3v) is 4.22. The minimum Gasteiger partial charge on any atom is -0.350 e. The topological polar surface area (TPSA) is 27.7 Å². The molecule has 3 nitrogen and oxygen atoms in total. The SMILES string of the molecule is I[C@@H]1CCC[C@H]1OOC1CCCCO1. The molecule has 0 N–H and O–H groups in total. The predicted octanol–water partition coefficient (Wildman–Crippen LogP) is 2.82. The summed E-state index contributed by atoms with van der Waals surface area (Å²) in [6.07, 6.45) is 7.10. The van der Waals surface area contributed by atoms with E-state index in [9.17, 15) is 0 Å². The molecular formula is C10H17IO3. The summed E-state index contributed by atoms with van der Waals surface area (Å²) in [5.41, 5.74) is 0. The zero-order chi connectivity index (χ0) is 9.80. The lowest BCUT2D eigenvalue weighted by molar-refractivity contribution is -0.401. The van der Waals surface area contributed by atoms with Crippen molar-refractivity contribution >= 4 is 22.6 Å². The number of halogens is 1. The first-order valence-electron chi connectivity index (χ1n) is 5.44. The Bertz CT molecular complexity index is 171. The first kappa shape index (κ1) is 11.1. The van der Waals surface area contributed by atoms with Crippen LogP contribution in [0.2, 0.25) is 0 Å². The van der Waals surface area contributed by atoms with Crippen LogP contribution < -0.4 is 0 Å². The highest BCUT2D eigenvalue weighted by molar-refractivity contribution is 14.1. The Labute approximate surface area is 98.5 Å². The normalized spacial score (nSPS) is 38.8. The van der Waals surface area contributed by atoms with Crippen molar-refractivity contribution in [2.75, 3.05) is 6.61 Å². The van der Waals surface area contributed by atoms with Crippen LogP contribution in [0.25, 0.3) is 0 Å². The number of hydrogen-bond acceptors (Lipinski definition) is 3. The van der Waals surface area contributed by atoms with Gasteiger partial charge in [-0.15, -0.1) is 0 Å². The Kier molecular flexibility index (Phi) is 4.46. The van der Waals surface area contributed by atoms with E-state index < -0.39 is 0 Å². The fourth-order valence-corrected chi connectivity index (χ4v) is 2.83. The molecule has 2 fully saturated rings. The van der Waals surface area contributed by atoms with Crippen LogP contribution in [0.5, 0.6) is 0 Å². The molecule has 0 amide bonds. The minimum absolute atomic E-state index is 0.118. The molecule has 1 saturated heterocycles. The summed E-state index contributed by atoms with van der Waals surface area (Å²) in [7, 11) is 0. The Morgan fingerprint density at radius 3 is 2.57 bits per heavy atom. The lowest BCUT2D eigenvalue weighted by Gasteiger charge is -2.23. The first-order valence-corrected chi connectivity index (χ1v) is 6.68. The second kappa shape index (κ2) is 5.63. The third kappa shape index (κ3) is 3.05. The fourth-order valence-electron chi connectivity index (χ4n) is 1.91. The highest BCUT2D eigenvalue weighted by Gasteiger charge is 2.28. The van der Waals surface area contributed by atoms with Gasteiger partial charge in [-0.05, 0) is 32.1 Å². The molecule has 2 aliphatic rings. The van der Waals surface area contributed by atoms with Crippen LogP contribution >= 0.6 is 22.6 Å². The van der Waals surface area contributed by atoms with Crippen molar-refractivity contribution in [3.05, 3.63) is 0 Å². The van der Waals surface area contributed by atoms with E-state index in [0.717, 1.165) is 25.9 Å². The largest absolute Gasteiger partial charge is 0.350 e. The number of ether oxygens (including phenoxy) is 1. The van der Waals surface area contributed by atoms with Gasteiger partial charge in [0.1, 0.15) is 6.10 Å². The van der Waals surface area contributed by atoms with E-state index in [1.165, 1.54) is 19.3 Å². The zero-order valence-corrected chi connectivity index (χ0v) is 10.4. The van der Waals surface area contributed by atoms with Crippen LogP contribution in [-0.4, -0.2) is 22.9 Å².